The molecule has 0 spiro atoms. The second kappa shape index (κ2) is 4.44. The van der Waals surface area contributed by atoms with Gasteiger partial charge in [0.1, 0.15) is 0 Å². The Kier molecular flexibility index (Phi) is 3.01. The lowest BCUT2D eigenvalue weighted by Gasteiger charge is -2.15. The van der Waals surface area contributed by atoms with Crippen molar-refractivity contribution in [3.8, 4) is 0 Å². The van der Waals surface area contributed by atoms with E-state index in [1.165, 1.54) is 0 Å². The molecule has 1 fully saturated rings. The highest BCUT2D eigenvalue weighted by atomic mass is 16.3. The van der Waals surface area contributed by atoms with Crippen LogP contribution in [-0.4, -0.2) is 34.8 Å². The highest BCUT2D eigenvalue weighted by Crippen LogP contribution is 2.22. The number of hydrogen-bond acceptors (Lipinski definition) is 5. The molecule has 1 atom stereocenters. The molecule has 1 aromatic heterocycles. The fraction of sp³-hybridized carbons (Fsp3) is 0.600. The second-order valence-electron chi connectivity index (χ2n) is 3.93. The quantitative estimate of drug-likeness (QED) is 0.745. The zero-order chi connectivity index (χ0) is 10.7. The molecule has 1 saturated heterocycles. The zero-order valence-electron chi connectivity index (χ0n) is 8.63. The van der Waals surface area contributed by atoms with E-state index in [9.17, 15) is 0 Å². The zero-order valence-corrected chi connectivity index (χ0v) is 8.63. The van der Waals surface area contributed by atoms with Crippen molar-refractivity contribution in [2.75, 3.05) is 30.3 Å². The third kappa shape index (κ3) is 2.36. The summed E-state index contributed by atoms with van der Waals surface area (Å²) in [7, 11) is 0. The molecule has 2 rings (SSSR count). The third-order valence-corrected chi connectivity index (χ3v) is 2.76. The number of rotatable bonds is 3. The first-order valence-corrected chi connectivity index (χ1v) is 5.23. The van der Waals surface area contributed by atoms with Gasteiger partial charge in [0.05, 0.1) is 18.1 Å². The van der Waals surface area contributed by atoms with Crippen LogP contribution in [-0.2, 0) is 0 Å². The molecular formula is C10H16N4O. The minimum Gasteiger partial charge on any atom is -0.396 e. The lowest BCUT2D eigenvalue weighted by molar-refractivity contribution is 0.263. The van der Waals surface area contributed by atoms with Gasteiger partial charge in [-0.15, -0.1) is 0 Å². The maximum atomic E-state index is 8.85. The molecule has 3 N–H and O–H groups in total. The Morgan fingerprint density at radius 1 is 1.47 bits per heavy atom. The Morgan fingerprint density at radius 3 is 2.87 bits per heavy atom. The average Bonchev–Trinajstić information content (AvgIpc) is 2.68. The van der Waals surface area contributed by atoms with Crippen molar-refractivity contribution in [1.82, 2.24) is 9.97 Å². The minimum absolute atomic E-state index is 0.265. The Morgan fingerprint density at radius 2 is 2.20 bits per heavy atom. The lowest BCUT2D eigenvalue weighted by Crippen LogP contribution is -2.22. The van der Waals surface area contributed by atoms with E-state index in [-0.39, 0.29) is 6.61 Å². The summed E-state index contributed by atoms with van der Waals surface area (Å²) in [4.78, 5) is 10.5. The first-order valence-electron chi connectivity index (χ1n) is 5.23. The fourth-order valence-corrected chi connectivity index (χ4v) is 1.93. The van der Waals surface area contributed by atoms with E-state index < -0.39 is 0 Å². The van der Waals surface area contributed by atoms with Crippen molar-refractivity contribution < 1.29 is 5.11 Å². The Bertz CT molecular complexity index is 314. The van der Waals surface area contributed by atoms with Crippen molar-refractivity contribution >= 4 is 11.6 Å². The van der Waals surface area contributed by atoms with E-state index in [4.69, 9.17) is 10.8 Å². The van der Waals surface area contributed by atoms with Gasteiger partial charge in [-0.3, -0.25) is 0 Å². The van der Waals surface area contributed by atoms with Gasteiger partial charge in [0.25, 0.3) is 0 Å². The molecule has 0 aromatic carbocycles. The number of aliphatic hydroxyl groups excluding tert-OH is 1. The molecule has 1 unspecified atom stereocenters. The maximum absolute atomic E-state index is 8.85. The Balaban J connectivity index is 1.98. The van der Waals surface area contributed by atoms with Crippen LogP contribution >= 0.6 is 0 Å². The van der Waals surface area contributed by atoms with Crippen molar-refractivity contribution in [1.29, 1.82) is 0 Å². The number of hydrogen-bond donors (Lipinski definition) is 2. The Hall–Kier alpha value is -1.36. The molecule has 5 heteroatoms. The summed E-state index contributed by atoms with van der Waals surface area (Å²) >= 11 is 0. The molecule has 0 saturated carbocycles. The van der Waals surface area contributed by atoms with Gasteiger partial charge < -0.3 is 15.7 Å². The summed E-state index contributed by atoms with van der Waals surface area (Å²) < 4.78 is 0. The van der Waals surface area contributed by atoms with Gasteiger partial charge >= 0.3 is 0 Å². The summed E-state index contributed by atoms with van der Waals surface area (Å²) in [6.07, 6.45) is 5.23. The lowest BCUT2D eigenvalue weighted by atomic mass is 10.1. The number of nitrogens with two attached hydrogens (primary N) is 1. The van der Waals surface area contributed by atoms with Crippen molar-refractivity contribution in [3.05, 3.63) is 12.4 Å². The van der Waals surface area contributed by atoms with Crippen LogP contribution in [0.2, 0.25) is 0 Å². The molecule has 82 valence electrons. The molecule has 1 aliphatic heterocycles. The van der Waals surface area contributed by atoms with Crippen LogP contribution in [0.5, 0.6) is 0 Å². The first-order chi connectivity index (χ1) is 7.29. The molecule has 2 heterocycles. The van der Waals surface area contributed by atoms with E-state index in [0.717, 1.165) is 31.9 Å². The van der Waals surface area contributed by atoms with Crippen molar-refractivity contribution in [3.63, 3.8) is 0 Å². The molecule has 1 aliphatic rings. The first kappa shape index (κ1) is 10.2. The van der Waals surface area contributed by atoms with Crippen LogP contribution in [0.4, 0.5) is 11.6 Å². The van der Waals surface area contributed by atoms with E-state index in [1.807, 2.05) is 0 Å². The second-order valence-corrected chi connectivity index (χ2v) is 3.93. The molecule has 15 heavy (non-hydrogen) atoms. The van der Waals surface area contributed by atoms with Crippen LogP contribution in [0.1, 0.15) is 12.8 Å². The topological polar surface area (TPSA) is 75.3 Å². The molecule has 0 bridgehead atoms. The van der Waals surface area contributed by atoms with Crippen LogP contribution in [0.3, 0.4) is 0 Å². The summed E-state index contributed by atoms with van der Waals surface area (Å²) in [6.45, 7) is 2.17. The van der Waals surface area contributed by atoms with Crippen molar-refractivity contribution in [2.45, 2.75) is 12.8 Å². The molecule has 5 nitrogen and oxygen atoms in total. The van der Waals surface area contributed by atoms with Gasteiger partial charge in [0.15, 0.2) is 0 Å². The SMILES string of the molecule is Nc1cnc(N2CCC(CCO)C2)nc1. The predicted molar refractivity (Wildman–Crippen MR) is 58.5 cm³/mol. The summed E-state index contributed by atoms with van der Waals surface area (Å²) in [5.41, 5.74) is 6.11. The largest absolute Gasteiger partial charge is 0.396 e. The number of aromatic nitrogens is 2. The van der Waals surface area contributed by atoms with Crippen molar-refractivity contribution in [2.24, 2.45) is 5.92 Å². The summed E-state index contributed by atoms with van der Waals surface area (Å²) in [5, 5.41) is 8.85. The molecule has 0 radical (unpaired) electrons. The maximum Gasteiger partial charge on any atom is 0.225 e. The molecular weight excluding hydrogens is 192 g/mol. The smallest absolute Gasteiger partial charge is 0.225 e. The molecule has 0 aliphatic carbocycles. The number of nitrogens with zero attached hydrogens (tertiary/aromatic N) is 3. The average molecular weight is 208 g/mol. The Labute approximate surface area is 88.9 Å². The van der Waals surface area contributed by atoms with Gasteiger partial charge in [-0.05, 0) is 18.8 Å². The van der Waals surface area contributed by atoms with Gasteiger partial charge in [0, 0.05) is 19.7 Å². The number of anilines is 2. The molecule has 0 amide bonds. The third-order valence-electron chi connectivity index (χ3n) is 2.76. The summed E-state index contributed by atoms with van der Waals surface area (Å²) in [5.74, 6) is 1.31. The fourth-order valence-electron chi connectivity index (χ4n) is 1.93. The van der Waals surface area contributed by atoms with Gasteiger partial charge in [0.2, 0.25) is 5.95 Å². The standard InChI is InChI=1S/C10H16N4O/c11-9-5-12-10(13-6-9)14-3-1-8(7-14)2-4-15/h5-6,8,15H,1-4,7,11H2. The van der Waals surface area contributed by atoms with Gasteiger partial charge in [-0.25, -0.2) is 9.97 Å². The number of nitrogen functional groups attached to an aromatic ring is 1. The monoisotopic (exact) mass is 208 g/mol. The highest BCUT2D eigenvalue weighted by molar-refractivity contribution is 5.38. The van der Waals surface area contributed by atoms with E-state index in [0.29, 0.717) is 11.6 Å². The number of aliphatic hydroxyl groups is 1. The highest BCUT2D eigenvalue weighted by Gasteiger charge is 2.23. The van der Waals surface area contributed by atoms with E-state index >= 15 is 0 Å². The normalized spacial score (nSPS) is 20.9. The molecule has 1 aromatic rings. The van der Waals surface area contributed by atoms with Crippen LogP contribution in [0, 0.1) is 5.92 Å². The van der Waals surface area contributed by atoms with Crippen LogP contribution in [0.15, 0.2) is 12.4 Å². The summed E-state index contributed by atoms with van der Waals surface area (Å²) in [6, 6.07) is 0. The van der Waals surface area contributed by atoms with Crippen LogP contribution in [0.25, 0.3) is 0 Å². The van der Waals surface area contributed by atoms with E-state index in [2.05, 4.69) is 14.9 Å². The predicted octanol–water partition coefficient (Wildman–Crippen LogP) is 0.267. The van der Waals surface area contributed by atoms with Gasteiger partial charge in [-0.2, -0.15) is 0 Å². The van der Waals surface area contributed by atoms with Gasteiger partial charge in [-0.1, -0.05) is 0 Å². The van der Waals surface area contributed by atoms with Crippen LogP contribution < -0.4 is 10.6 Å². The minimum atomic E-state index is 0.265. The van der Waals surface area contributed by atoms with E-state index in [1.54, 1.807) is 12.4 Å².